The molecule has 0 radical (unpaired) electrons. The highest BCUT2D eigenvalue weighted by Crippen LogP contribution is 2.21. The number of carboxylic acids is 1. The lowest BCUT2D eigenvalue weighted by molar-refractivity contribution is -0.145. The van der Waals surface area contributed by atoms with Gasteiger partial charge in [-0.25, -0.2) is 4.79 Å². The Morgan fingerprint density at radius 3 is 2.39 bits per heavy atom. The number of amides is 3. The van der Waals surface area contributed by atoms with Gasteiger partial charge in [-0.15, -0.1) is 0 Å². The van der Waals surface area contributed by atoms with Gasteiger partial charge in [0.1, 0.15) is 18.1 Å². The number of thioether (sulfide) groups is 1. The standard InChI is InChI=1S/C22H41N5O5S/c1-14(2)13-17(26-19(28)15(24)9-12-33-3)21(30)27-11-6-8-18(27)20(29)25-16(22(31)32)7-4-5-10-23/h14-18H,4-13,23-24H2,1-3H3,(H,25,29)(H,26,28)(H,31,32). The number of carboxylic acid groups (broad SMARTS) is 1. The average Bonchev–Trinajstić information content (AvgIpc) is 3.25. The highest BCUT2D eigenvalue weighted by molar-refractivity contribution is 7.98. The van der Waals surface area contributed by atoms with Crippen LogP contribution < -0.4 is 22.1 Å². The van der Waals surface area contributed by atoms with Crippen molar-refractivity contribution in [1.29, 1.82) is 0 Å². The predicted molar refractivity (Wildman–Crippen MR) is 130 cm³/mol. The van der Waals surface area contributed by atoms with Crippen LogP contribution in [-0.4, -0.2) is 83.0 Å². The minimum atomic E-state index is -1.11. The van der Waals surface area contributed by atoms with Gasteiger partial charge in [-0.1, -0.05) is 13.8 Å². The lowest BCUT2D eigenvalue weighted by atomic mass is 10.0. The molecule has 7 N–H and O–H groups in total. The minimum Gasteiger partial charge on any atom is -0.480 e. The zero-order valence-corrected chi connectivity index (χ0v) is 20.9. The fraction of sp³-hybridized carbons (Fsp3) is 0.818. The number of nitrogens with one attached hydrogen (secondary N) is 2. The highest BCUT2D eigenvalue weighted by atomic mass is 32.2. The lowest BCUT2D eigenvalue weighted by Gasteiger charge is -2.30. The largest absolute Gasteiger partial charge is 0.480 e. The summed E-state index contributed by atoms with van der Waals surface area (Å²) in [5.41, 5.74) is 11.4. The number of rotatable bonds is 15. The molecule has 190 valence electrons. The maximum absolute atomic E-state index is 13.4. The SMILES string of the molecule is CSCCC(N)C(=O)NC(CC(C)C)C(=O)N1CCCC1C(=O)NC(CCCCN)C(=O)O. The second-order valence-electron chi connectivity index (χ2n) is 8.95. The molecule has 1 aliphatic heterocycles. The Kier molecular flexibility index (Phi) is 13.4. The molecule has 0 aromatic carbocycles. The van der Waals surface area contributed by atoms with E-state index in [4.69, 9.17) is 11.5 Å². The molecule has 3 amide bonds. The molecular weight excluding hydrogens is 446 g/mol. The van der Waals surface area contributed by atoms with E-state index in [1.54, 1.807) is 11.8 Å². The van der Waals surface area contributed by atoms with Gasteiger partial charge in [0.05, 0.1) is 6.04 Å². The van der Waals surface area contributed by atoms with Crippen LogP contribution in [0.15, 0.2) is 0 Å². The fourth-order valence-electron chi connectivity index (χ4n) is 3.87. The normalized spacial score (nSPS) is 18.6. The molecule has 4 atom stereocenters. The summed E-state index contributed by atoms with van der Waals surface area (Å²) < 4.78 is 0. The molecule has 1 rings (SSSR count). The highest BCUT2D eigenvalue weighted by Gasteiger charge is 2.39. The molecule has 0 spiro atoms. The van der Waals surface area contributed by atoms with E-state index < -0.39 is 36.0 Å². The molecule has 0 aromatic rings. The first-order chi connectivity index (χ1) is 15.6. The number of carbonyl (C=O) groups is 4. The van der Waals surface area contributed by atoms with Crippen LogP contribution in [0.3, 0.4) is 0 Å². The first kappa shape index (κ1) is 29.2. The summed E-state index contributed by atoms with van der Waals surface area (Å²) >= 11 is 1.59. The molecule has 11 heteroatoms. The van der Waals surface area contributed by atoms with Crippen molar-refractivity contribution in [2.75, 3.05) is 25.1 Å². The third kappa shape index (κ3) is 9.89. The topological polar surface area (TPSA) is 168 Å². The van der Waals surface area contributed by atoms with E-state index in [1.165, 1.54) is 4.90 Å². The average molecular weight is 488 g/mol. The molecule has 0 aromatic heterocycles. The summed E-state index contributed by atoms with van der Waals surface area (Å²) in [6.07, 6.45) is 5.46. The number of aliphatic carboxylic acids is 1. The number of nitrogens with zero attached hydrogens (tertiary/aromatic N) is 1. The van der Waals surface area contributed by atoms with Gasteiger partial charge in [0.25, 0.3) is 0 Å². The van der Waals surface area contributed by atoms with Gasteiger partial charge in [-0.3, -0.25) is 14.4 Å². The van der Waals surface area contributed by atoms with Crippen molar-refractivity contribution >= 4 is 35.5 Å². The summed E-state index contributed by atoms with van der Waals surface area (Å²) in [7, 11) is 0. The number of hydrogen-bond donors (Lipinski definition) is 5. The molecule has 0 aliphatic carbocycles. The Hall–Kier alpha value is -1.85. The van der Waals surface area contributed by atoms with Crippen molar-refractivity contribution in [3.05, 3.63) is 0 Å². The lowest BCUT2D eigenvalue weighted by Crippen LogP contribution is -2.57. The monoisotopic (exact) mass is 487 g/mol. The van der Waals surface area contributed by atoms with E-state index in [0.29, 0.717) is 51.6 Å². The van der Waals surface area contributed by atoms with Crippen molar-refractivity contribution in [3.63, 3.8) is 0 Å². The quantitative estimate of drug-likeness (QED) is 0.205. The van der Waals surface area contributed by atoms with E-state index in [1.807, 2.05) is 20.1 Å². The molecule has 33 heavy (non-hydrogen) atoms. The van der Waals surface area contributed by atoms with Crippen molar-refractivity contribution in [1.82, 2.24) is 15.5 Å². The minimum absolute atomic E-state index is 0.135. The summed E-state index contributed by atoms with van der Waals surface area (Å²) in [5, 5.41) is 14.8. The van der Waals surface area contributed by atoms with Crippen LogP contribution in [0.1, 0.15) is 58.8 Å². The molecule has 1 fully saturated rings. The van der Waals surface area contributed by atoms with E-state index >= 15 is 0 Å². The van der Waals surface area contributed by atoms with Crippen LogP contribution in [0.4, 0.5) is 0 Å². The van der Waals surface area contributed by atoms with Crippen LogP contribution in [0.2, 0.25) is 0 Å². The van der Waals surface area contributed by atoms with Gasteiger partial charge in [-0.05, 0) is 69.4 Å². The second kappa shape index (κ2) is 15.1. The number of carbonyl (C=O) groups excluding carboxylic acids is 3. The van der Waals surface area contributed by atoms with Crippen LogP contribution in [0, 0.1) is 5.92 Å². The predicted octanol–water partition coefficient (Wildman–Crippen LogP) is 0.287. The van der Waals surface area contributed by atoms with Crippen molar-refractivity contribution in [2.24, 2.45) is 17.4 Å². The Morgan fingerprint density at radius 1 is 1.12 bits per heavy atom. The molecule has 10 nitrogen and oxygen atoms in total. The summed E-state index contributed by atoms with van der Waals surface area (Å²) in [6, 6.07) is -3.28. The second-order valence-corrected chi connectivity index (χ2v) is 9.94. The Labute approximate surface area is 200 Å². The summed E-state index contributed by atoms with van der Waals surface area (Å²) in [5.74, 6) is -1.43. The molecule has 1 heterocycles. The maximum atomic E-state index is 13.4. The first-order valence-corrected chi connectivity index (χ1v) is 13.1. The van der Waals surface area contributed by atoms with Crippen LogP contribution in [0.5, 0.6) is 0 Å². The van der Waals surface area contributed by atoms with Gasteiger partial charge in [-0.2, -0.15) is 11.8 Å². The molecule has 1 aliphatic rings. The maximum Gasteiger partial charge on any atom is 0.326 e. The Morgan fingerprint density at radius 2 is 1.82 bits per heavy atom. The molecule has 1 saturated heterocycles. The van der Waals surface area contributed by atoms with Gasteiger partial charge in [0.2, 0.25) is 17.7 Å². The van der Waals surface area contributed by atoms with Crippen molar-refractivity contribution < 1.29 is 24.3 Å². The zero-order valence-electron chi connectivity index (χ0n) is 20.0. The van der Waals surface area contributed by atoms with Crippen LogP contribution >= 0.6 is 11.8 Å². The van der Waals surface area contributed by atoms with Crippen LogP contribution in [-0.2, 0) is 19.2 Å². The fourth-order valence-corrected chi connectivity index (χ4v) is 4.36. The number of unbranched alkanes of at least 4 members (excludes halogenated alkanes) is 1. The van der Waals surface area contributed by atoms with Gasteiger partial charge < -0.3 is 32.1 Å². The van der Waals surface area contributed by atoms with Crippen LogP contribution in [0.25, 0.3) is 0 Å². The Balaban J connectivity index is 2.88. The third-order valence-electron chi connectivity index (χ3n) is 5.69. The molecule has 0 saturated carbocycles. The van der Waals surface area contributed by atoms with Crippen molar-refractivity contribution in [3.8, 4) is 0 Å². The van der Waals surface area contributed by atoms with E-state index in [9.17, 15) is 24.3 Å². The van der Waals surface area contributed by atoms with Crippen molar-refractivity contribution in [2.45, 2.75) is 83.0 Å². The van der Waals surface area contributed by atoms with E-state index in [0.717, 1.165) is 5.75 Å². The van der Waals surface area contributed by atoms with Gasteiger partial charge in [0.15, 0.2) is 0 Å². The third-order valence-corrected chi connectivity index (χ3v) is 6.34. The number of nitrogens with two attached hydrogens (primary N) is 2. The summed E-state index contributed by atoms with van der Waals surface area (Å²) in [6.45, 7) is 4.74. The Bertz CT molecular complexity index is 663. The van der Waals surface area contributed by atoms with E-state index in [-0.39, 0.29) is 24.2 Å². The van der Waals surface area contributed by atoms with Gasteiger partial charge >= 0.3 is 5.97 Å². The molecular formula is C22H41N5O5S. The molecule has 0 bridgehead atoms. The first-order valence-electron chi connectivity index (χ1n) is 11.7. The van der Waals surface area contributed by atoms with Gasteiger partial charge in [0, 0.05) is 6.54 Å². The number of likely N-dealkylation sites (tertiary alicyclic amines) is 1. The number of hydrogen-bond acceptors (Lipinski definition) is 7. The zero-order chi connectivity index (χ0) is 25.0. The molecule has 4 unspecified atom stereocenters. The smallest absolute Gasteiger partial charge is 0.326 e. The summed E-state index contributed by atoms with van der Waals surface area (Å²) in [4.78, 5) is 51.8. The van der Waals surface area contributed by atoms with E-state index in [2.05, 4.69) is 10.6 Å².